The summed E-state index contributed by atoms with van der Waals surface area (Å²) in [4.78, 5) is 17.2. The lowest BCUT2D eigenvalue weighted by atomic mass is 9.86. The van der Waals surface area contributed by atoms with E-state index in [4.69, 9.17) is 15.0 Å². The van der Waals surface area contributed by atoms with Gasteiger partial charge in [0.25, 0.3) is 0 Å². The number of anilines is 1. The van der Waals surface area contributed by atoms with Gasteiger partial charge in [-0.1, -0.05) is 24.3 Å². The van der Waals surface area contributed by atoms with Crippen LogP contribution in [0.2, 0.25) is 0 Å². The Hall–Kier alpha value is -2.01. The van der Waals surface area contributed by atoms with E-state index in [1.165, 1.54) is 44.1 Å². The molecule has 2 aromatic rings. The van der Waals surface area contributed by atoms with Crippen LogP contribution < -0.4 is 5.32 Å². The van der Waals surface area contributed by atoms with Crippen LogP contribution in [0.3, 0.4) is 0 Å². The van der Waals surface area contributed by atoms with Gasteiger partial charge in [-0.15, -0.1) is 0 Å². The Morgan fingerprint density at radius 3 is 2.18 bits per heavy atom. The molecule has 1 aromatic carbocycles. The fourth-order valence-electron chi connectivity index (χ4n) is 5.16. The highest BCUT2D eigenvalue weighted by molar-refractivity contribution is 5.58. The topological polar surface area (TPSA) is 53.9 Å². The van der Waals surface area contributed by atoms with Crippen LogP contribution in [0.1, 0.15) is 62.8 Å². The molecule has 2 saturated carbocycles. The number of rotatable bonds is 2. The lowest BCUT2D eigenvalue weighted by Gasteiger charge is -2.29. The molecule has 146 valence electrons. The molecule has 1 saturated heterocycles. The molecule has 28 heavy (non-hydrogen) atoms. The van der Waals surface area contributed by atoms with Gasteiger partial charge in [0.15, 0.2) is 5.82 Å². The molecular formula is C23H29N5. The van der Waals surface area contributed by atoms with Gasteiger partial charge in [-0.2, -0.15) is 9.97 Å². The maximum absolute atomic E-state index is 4.98. The summed E-state index contributed by atoms with van der Waals surface area (Å²) in [5, 5.41) is 3.65. The number of benzene rings is 1. The van der Waals surface area contributed by atoms with Crippen LogP contribution in [-0.4, -0.2) is 46.0 Å². The molecule has 0 atom stereocenters. The van der Waals surface area contributed by atoms with E-state index in [-0.39, 0.29) is 5.41 Å². The number of fused-ring (bicyclic) bond motifs is 3. The van der Waals surface area contributed by atoms with Crippen molar-refractivity contribution >= 4 is 5.95 Å². The number of nitrogens with zero attached hydrogens (tertiary/aromatic N) is 4. The molecule has 0 radical (unpaired) electrons. The summed E-state index contributed by atoms with van der Waals surface area (Å²) in [6.45, 7) is 2.27. The molecular weight excluding hydrogens is 346 g/mol. The van der Waals surface area contributed by atoms with E-state index in [9.17, 15) is 0 Å². The van der Waals surface area contributed by atoms with Gasteiger partial charge in [0, 0.05) is 17.0 Å². The maximum atomic E-state index is 4.98. The molecule has 0 unspecified atom stereocenters. The van der Waals surface area contributed by atoms with E-state index in [0.717, 1.165) is 49.1 Å². The first kappa shape index (κ1) is 16.9. The lowest BCUT2D eigenvalue weighted by molar-refractivity contribution is 0.263. The maximum Gasteiger partial charge on any atom is 0.226 e. The van der Waals surface area contributed by atoms with Gasteiger partial charge in [-0.05, 0) is 82.5 Å². The van der Waals surface area contributed by atoms with Crippen molar-refractivity contribution in [3.8, 4) is 11.4 Å². The number of nitrogens with one attached hydrogen (secondary N) is 1. The van der Waals surface area contributed by atoms with Crippen molar-refractivity contribution in [1.82, 2.24) is 19.9 Å². The second kappa shape index (κ2) is 5.99. The normalized spacial score (nSPS) is 24.9. The third-order valence-electron chi connectivity index (χ3n) is 7.71. The van der Waals surface area contributed by atoms with E-state index in [2.05, 4.69) is 41.5 Å². The molecule has 1 aromatic heterocycles. The Labute approximate surface area is 167 Å². The smallest absolute Gasteiger partial charge is 0.226 e. The average Bonchev–Trinajstić information content (AvgIpc) is 3.63. The SMILES string of the molecule is CN1CCC(Nc2nc3nc(n2)C2(CCC4(CC4)c4ccc-3cc4)CC2)CC1. The fraction of sp³-hybridized carbons (Fsp3) is 0.609. The molecule has 4 bridgehead atoms. The highest BCUT2D eigenvalue weighted by Crippen LogP contribution is 2.58. The van der Waals surface area contributed by atoms with Gasteiger partial charge >= 0.3 is 0 Å². The molecule has 2 spiro atoms. The number of aromatic nitrogens is 3. The minimum atomic E-state index is 0.196. The summed E-state index contributed by atoms with van der Waals surface area (Å²) >= 11 is 0. The molecule has 3 aliphatic heterocycles. The summed E-state index contributed by atoms with van der Waals surface area (Å²) in [5.74, 6) is 2.66. The van der Waals surface area contributed by atoms with Crippen molar-refractivity contribution in [2.24, 2.45) is 0 Å². The summed E-state index contributed by atoms with van der Waals surface area (Å²) in [6.07, 6.45) is 9.90. The van der Waals surface area contributed by atoms with E-state index >= 15 is 0 Å². The largest absolute Gasteiger partial charge is 0.351 e. The second-order valence-electron chi connectivity index (χ2n) is 9.67. The van der Waals surface area contributed by atoms with Gasteiger partial charge in [0.1, 0.15) is 5.82 Å². The first-order chi connectivity index (χ1) is 13.6. The standard InChI is InChI=1S/C23H29N5/c1-28-14-6-18(7-15-28)24-21-26-19-16-2-4-17(5-3-16)22(8-9-22)10-11-23(12-13-23)20(25-19)27-21/h2-5,18H,6-15H2,1H3,(H,24,25,26,27). The number of piperidine rings is 1. The molecule has 4 heterocycles. The monoisotopic (exact) mass is 375 g/mol. The summed E-state index contributed by atoms with van der Waals surface area (Å²) in [5.41, 5.74) is 3.25. The van der Waals surface area contributed by atoms with Crippen LogP contribution in [0.25, 0.3) is 11.4 Å². The highest BCUT2D eigenvalue weighted by atomic mass is 15.2. The first-order valence-electron chi connectivity index (χ1n) is 11.0. The minimum Gasteiger partial charge on any atom is -0.351 e. The molecule has 5 heteroatoms. The van der Waals surface area contributed by atoms with E-state index in [0.29, 0.717) is 11.5 Å². The van der Waals surface area contributed by atoms with Gasteiger partial charge in [0.05, 0.1) is 0 Å². The van der Waals surface area contributed by atoms with Crippen molar-refractivity contribution in [3.05, 3.63) is 35.7 Å². The Bertz CT molecular complexity index is 890. The van der Waals surface area contributed by atoms with Gasteiger partial charge in [-0.25, -0.2) is 4.98 Å². The summed E-state index contributed by atoms with van der Waals surface area (Å²) in [7, 11) is 2.20. The molecule has 7 rings (SSSR count). The predicted molar refractivity (Wildman–Crippen MR) is 110 cm³/mol. The van der Waals surface area contributed by atoms with Gasteiger partial charge in [0.2, 0.25) is 5.95 Å². The van der Waals surface area contributed by atoms with Crippen LogP contribution in [-0.2, 0) is 10.8 Å². The number of likely N-dealkylation sites (tertiary alicyclic amines) is 1. The zero-order valence-electron chi connectivity index (χ0n) is 16.7. The lowest BCUT2D eigenvalue weighted by Crippen LogP contribution is -2.37. The van der Waals surface area contributed by atoms with E-state index in [1.807, 2.05) is 0 Å². The summed E-state index contributed by atoms with van der Waals surface area (Å²) in [6, 6.07) is 9.54. The minimum absolute atomic E-state index is 0.196. The average molecular weight is 376 g/mol. The van der Waals surface area contributed by atoms with Gasteiger partial charge < -0.3 is 10.2 Å². The van der Waals surface area contributed by atoms with Crippen molar-refractivity contribution in [3.63, 3.8) is 0 Å². The molecule has 0 amide bonds. The van der Waals surface area contributed by atoms with Crippen LogP contribution in [0.4, 0.5) is 5.95 Å². The molecule has 3 fully saturated rings. The molecule has 2 aliphatic carbocycles. The molecule has 1 N–H and O–H groups in total. The summed E-state index contributed by atoms with van der Waals surface area (Å²) < 4.78 is 0. The van der Waals surface area contributed by atoms with Gasteiger partial charge in [-0.3, -0.25) is 0 Å². The Morgan fingerprint density at radius 1 is 0.857 bits per heavy atom. The van der Waals surface area contributed by atoms with E-state index < -0.39 is 0 Å². The fourth-order valence-corrected chi connectivity index (χ4v) is 5.16. The van der Waals surface area contributed by atoms with Crippen LogP contribution in [0.5, 0.6) is 0 Å². The molecule has 5 nitrogen and oxygen atoms in total. The second-order valence-corrected chi connectivity index (χ2v) is 9.67. The highest BCUT2D eigenvalue weighted by Gasteiger charge is 2.52. The Balaban J connectivity index is 1.38. The van der Waals surface area contributed by atoms with Crippen LogP contribution in [0, 0.1) is 0 Å². The Morgan fingerprint density at radius 2 is 1.50 bits per heavy atom. The van der Waals surface area contributed by atoms with Crippen molar-refractivity contribution in [1.29, 1.82) is 0 Å². The third-order valence-corrected chi connectivity index (χ3v) is 7.71. The van der Waals surface area contributed by atoms with Crippen molar-refractivity contribution < 1.29 is 0 Å². The third kappa shape index (κ3) is 2.83. The van der Waals surface area contributed by atoms with Crippen LogP contribution >= 0.6 is 0 Å². The van der Waals surface area contributed by atoms with Crippen molar-refractivity contribution in [2.45, 2.75) is 68.2 Å². The van der Waals surface area contributed by atoms with Crippen molar-refractivity contribution in [2.75, 3.05) is 25.5 Å². The van der Waals surface area contributed by atoms with E-state index in [1.54, 1.807) is 0 Å². The predicted octanol–water partition coefficient (Wildman–Crippen LogP) is 3.90. The molecule has 5 aliphatic rings. The van der Waals surface area contributed by atoms with Crippen LogP contribution in [0.15, 0.2) is 24.3 Å². The quantitative estimate of drug-likeness (QED) is 0.863. The first-order valence-corrected chi connectivity index (χ1v) is 11.0. The number of hydrogen-bond acceptors (Lipinski definition) is 5. The zero-order valence-corrected chi connectivity index (χ0v) is 16.7. The zero-order chi connectivity index (χ0) is 18.8. The number of hydrogen-bond donors (Lipinski definition) is 1. The Kier molecular flexibility index (Phi) is 3.62.